The number of rotatable bonds is 5. The minimum Gasteiger partial charge on any atom is -0.489 e. The molecule has 2 amide bonds. The van der Waals surface area contributed by atoms with Gasteiger partial charge in [-0.05, 0) is 71.7 Å². The van der Waals surface area contributed by atoms with Gasteiger partial charge >= 0.3 is 4.87 Å². The third-order valence-electron chi connectivity index (χ3n) is 9.27. The van der Waals surface area contributed by atoms with Crippen LogP contribution in [0, 0.1) is 29.6 Å². The van der Waals surface area contributed by atoms with Gasteiger partial charge in [-0.2, -0.15) is 0 Å². The number of nitrogens with one attached hydrogen (secondary N) is 1. The minimum absolute atomic E-state index is 0.0407. The Morgan fingerprint density at radius 3 is 2.44 bits per heavy atom. The number of hydrogen-bond donors (Lipinski definition) is 1. The number of halogens is 1. The molecule has 1 aromatic heterocycles. The van der Waals surface area contributed by atoms with Crippen molar-refractivity contribution in [3.8, 4) is 5.75 Å². The van der Waals surface area contributed by atoms with Crippen LogP contribution in [0.4, 0.5) is 5.69 Å². The van der Waals surface area contributed by atoms with Crippen molar-refractivity contribution in [1.82, 2.24) is 4.98 Å². The number of aromatic amines is 1. The highest BCUT2D eigenvalue weighted by atomic mass is 79.9. The van der Waals surface area contributed by atoms with E-state index in [0.717, 1.165) is 37.7 Å². The van der Waals surface area contributed by atoms with Crippen LogP contribution in [-0.4, -0.2) is 22.0 Å². The number of ether oxygens (including phenoxy) is 1. The second-order valence-electron chi connectivity index (χ2n) is 11.3. The van der Waals surface area contributed by atoms with Gasteiger partial charge in [0, 0.05) is 20.5 Å². The van der Waals surface area contributed by atoms with E-state index >= 15 is 0 Å². The summed E-state index contributed by atoms with van der Waals surface area (Å²) < 4.78 is 7.09. The molecular weight excluding hydrogens is 620 g/mol. The summed E-state index contributed by atoms with van der Waals surface area (Å²) in [7, 11) is 0. The molecule has 9 heteroatoms. The largest absolute Gasteiger partial charge is 0.489 e. The van der Waals surface area contributed by atoms with Gasteiger partial charge in [-0.1, -0.05) is 69.7 Å². The standard InChI is InChI=1S/C32H25BrN2O4S2/c33-18-9-11-19(12-10-18)35-30(36)25-21-14-22(26(25)31(35)37)27-24(21)23(28-29(40-27)34-32(38)41-28)17-7-4-8-20(13-17)39-15-16-5-2-1-3-6-16/h1-13,21-27H,14-15H2,(H,34,38)/t21-,22-,23?,24?,25?,26?,27?/m1/s1. The first-order valence-corrected chi connectivity index (χ1v) is 16.3. The fraction of sp³-hybridized carbons (Fsp3) is 0.281. The summed E-state index contributed by atoms with van der Waals surface area (Å²) in [5.74, 6) is 0.263. The van der Waals surface area contributed by atoms with Crippen LogP contribution in [0.2, 0.25) is 0 Å². The number of nitrogens with zero attached hydrogens (tertiary/aromatic N) is 1. The van der Waals surface area contributed by atoms with Gasteiger partial charge in [0.1, 0.15) is 12.4 Å². The summed E-state index contributed by atoms with van der Waals surface area (Å²) in [6.45, 7) is 0.469. The van der Waals surface area contributed by atoms with Crippen molar-refractivity contribution in [2.45, 2.75) is 29.2 Å². The lowest BCUT2D eigenvalue weighted by molar-refractivity contribution is -0.123. The topological polar surface area (TPSA) is 79.5 Å². The molecule has 206 valence electrons. The first-order valence-electron chi connectivity index (χ1n) is 13.8. The van der Waals surface area contributed by atoms with E-state index < -0.39 is 0 Å². The highest BCUT2D eigenvalue weighted by molar-refractivity contribution is 9.10. The SMILES string of the molecule is O=C1C2C(C(=O)N1c1ccc(Br)cc1)[C@@H]1C[C@H]2C2Sc3[nH]c(=O)sc3C(c3cccc(OCc4ccccc4)c3)C21. The quantitative estimate of drug-likeness (QED) is 0.252. The fourth-order valence-electron chi connectivity index (χ4n) is 7.77. The number of hydrogen-bond acceptors (Lipinski definition) is 6. The molecule has 41 heavy (non-hydrogen) atoms. The Morgan fingerprint density at radius 2 is 1.66 bits per heavy atom. The molecule has 2 bridgehead atoms. The van der Waals surface area contributed by atoms with Crippen molar-refractivity contribution in [2.24, 2.45) is 29.6 Å². The van der Waals surface area contributed by atoms with Crippen LogP contribution < -0.4 is 14.5 Å². The summed E-state index contributed by atoms with van der Waals surface area (Å²) in [6, 6.07) is 25.6. The molecule has 8 rings (SSSR count). The molecule has 5 unspecified atom stereocenters. The molecule has 4 aliphatic rings. The number of H-pyrrole nitrogens is 1. The van der Waals surface area contributed by atoms with Crippen LogP contribution in [0.1, 0.15) is 28.3 Å². The normalized spacial score (nSPS) is 29.4. The Morgan fingerprint density at radius 1 is 0.902 bits per heavy atom. The number of fused-ring (bicyclic) bond motifs is 9. The van der Waals surface area contributed by atoms with Crippen molar-refractivity contribution in [2.75, 3.05) is 4.90 Å². The van der Waals surface area contributed by atoms with E-state index in [0.29, 0.717) is 12.3 Å². The summed E-state index contributed by atoms with van der Waals surface area (Å²) in [5, 5.41) is 1.06. The summed E-state index contributed by atoms with van der Waals surface area (Å²) >= 11 is 6.43. The molecule has 3 aromatic carbocycles. The number of carbonyl (C=O) groups excluding carboxylic acids is 2. The third-order valence-corrected chi connectivity index (χ3v) is 12.4. The second kappa shape index (κ2) is 9.71. The zero-order chi connectivity index (χ0) is 27.8. The number of amides is 2. The molecule has 1 N–H and O–H groups in total. The van der Waals surface area contributed by atoms with E-state index in [1.54, 1.807) is 11.8 Å². The highest BCUT2D eigenvalue weighted by Crippen LogP contribution is 2.68. The van der Waals surface area contributed by atoms with E-state index in [4.69, 9.17) is 4.74 Å². The predicted octanol–water partition coefficient (Wildman–Crippen LogP) is 6.46. The second-order valence-corrected chi connectivity index (χ2v) is 14.4. The van der Waals surface area contributed by atoms with Crippen molar-refractivity contribution >= 4 is 56.5 Å². The maximum absolute atomic E-state index is 13.9. The summed E-state index contributed by atoms with van der Waals surface area (Å²) in [5.41, 5.74) is 2.82. The van der Waals surface area contributed by atoms with E-state index in [1.807, 2.05) is 66.7 Å². The van der Waals surface area contributed by atoms with E-state index in [9.17, 15) is 14.4 Å². The van der Waals surface area contributed by atoms with Gasteiger partial charge in [0.25, 0.3) is 0 Å². The average molecular weight is 646 g/mol. The number of carbonyl (C=O) groups is 2. The van der Waals surface area contributed by atoms with Crippen molar-refractivity contribution in [3.63, 3.8) is 0 Å². The monoisotopic (exact) mass is 644 g/mol. The lowest BCUT2D eigenvalue weighted by Gasteiger charge is -2.43. The molecule has 0 spiro atoms. The smallest absolute Gasteiger partial charge is 0.305 e. The summed E-state index contributed by atoms with van der Waals surface area (Å²) in [4.78, 5) is 45.8. The van der Waals surface area contributed by atoms with Crippen molar-refractivity contribution in [1.29, 1.82) is 0 Å². The van der Waals surface area contributed by atoms with Crippen LogP contribution in [0.15, 0.2) is 93.2 Å². The molecule has 1 saturated heterocycles. The Kier molecular flexibility index (Phi) is 6.05. The number of imide groups is 1. The number of thioether (sulfide) groups is 1. The lowest BCUT2D eigenvalue weighted by Crippen LogP contribution is -2.42. The third kappa shape index (κ3) is 4.00. The van der Waals surface area contributed by atoms with Gasteiger partial charge in [0.15, 0.2) is 0 Å². The van der Waals surface area contributed by atoms with Crippen LogP contribution in [-0.2, 0) is 16.2 Å². The number of aromatic nitrogens is 1. The zero-order valence-electron chi connectivity index (χ0n) is 21.7. The van der Waals surface area contributed by atoms with E-state index in [-0.39, 0.29) is 57.4 Å². The maximum Gasteiger partial charge on any atom is 0.305 e. The molecule has 3 heterocycles. The molecule has 3 fully saturated rings. The Bertz CT molecular complexity index is 1740. The van der Waals surface area contributed by atoms with E-state index in [2.05, 4.69) is 33.0 Å². The van der Waals surface area contributed by atoms with Gasteiger partial charge in [0.05, 0.1) is 22.5 Å². The zero-order valence-corrected chi connectivity index (χ0v) is 25.0. The van der Waals surface area contributed by atoms with Gasteiger partial charge in [-0.15, -0.1) is 11.8 Å². The van der Waals surface area contributed by atoms with Gasteiger partial charge < -0.3 is 9.72 Å². The Hall–Kier alpha value is -3.14. The molecule has 6 nitrogen and oxygen atoms in total. The molecule has 4 aromatic rings. The Labute approximate surface area is 253 Å². The molecule has 0 radical (unpaired) electrons. The average Bonchev–Trinajstić information content (AvgIpc) is 3.72. The number of benzene rings is 3. The molecule has 2 saturated carbocycles. The minimum atomic E-state index is -0.324. The van der Waals surface area contributed by atoms with Crippen LogP contribution in [0.5, 0.6) is 5.75 Å². The molecule has 7 atom stereocenters. The number of thiazole rings is 1. The van der Waals surface area contributed by atoms with Crippen molar-refractivity contribution < 1.29 is 14.3 Å². The van der Waals surface area contributed by atoms with Crippen molar-refractivity contribution in [3.05, 3.63) is 109 Å². The molecular formula is C32H25BrN2O4S2. The highest BCUT2D eigenvalue weighted by Gasteiger charge is 2.69. The van der Waals surface area contributed by atoms with E-state index in [1.165, 1.54) is 16.2 Å². The predicted molar refractivity (Wildman–Crippen MR) is 162 cm³/mol. The first-order chi connectivity index (χ1) is 20.0. The first kappa shape index (κ1) is 25.6. The Balaban J connectivity index is 1.16. The van der Waals surface area contributed by atoms with Gasteiger partial charge in [-0.3, -0.25) is 19.3 Å². The van der Waals surface area contributed by atoms with Gasteiger partial charge in [0.2, 0.25) is 11.8 Å². The molecule has 2 aliphatic carbocycles. The number of anilines is 1. The fourth-order valence-corrected chi connectivity index (χ4v) is 10.9. The molecule has 2 aliphatic heterocycles. The summed E-state index contributed by atoms with van der Waals surface area (Å²) in [6.07, 6.45) is 0.864. The van der Waals surface area contributed by atoms with Crippen LogP contribution in [0.3, 0.4) is 0 Å². The van der Waals surface area contributed by atoms with Crippen LogP contribution >= 0.6 is 39.0 Å². The maximum atomic E-state index is 13.9. The van der Waals surface area contributed by atoms with Crippen LogP contribution in [0.25, 0.3) is 0 Å². The van der Waals surface area contributed by atoms with Gasteiger partial charge in [-0.25, -0.2) is 0 Å². The lowest BCUT2D eigenvalue weighted by atomic mass is 9.68.